The second-order valence-electron chi connectivity index (χ2n) is 4.84. The van der Waals surface area contributed by atoms with E-state index in [2.05, 4.69) is 10.6 Å². The zero-order valence-corrected chi connectivity index (χ0v) is 10.7. The van der Waals surface area contributed by atoms with Crippen LogP contribution in [-0.4, -0.2) is 37.9 Å². The van der Waals surface area contributed by atoms with Crippen LogP contribution >= 0.6 is 0 Å². The van der Waals surface area contributed by atoms with E-state index in [4.69, 9.17) is 9.47 Å². The summed E-state index contributed by atoms with van der Waals surface area (Å²) in [6.45, 7) is 2.33. The fourth-order valence-corrected chi connectivity index (χ4v) is 2.43. The van der Waals surface area contributed by atoms with Crippen LogP contribution in [0.2, 0.25) is 0 Å². The topological polar surface area (TPSA) is 59.6 Å². The van der Waals surface area contributed by atoms with E-state index in [1.807, 2.05) is 12.1 Å². The lowest BCUT2D eigenvalue weighted by atomic mass is 10.1. The lowest BCUT2D eigenvalue weighted by Crippen LogP contribution is -2.40. The Hall–Kier alpha value is -1.59. The SMILES string of the molecule is O=C1NCC(OC2CCNCC2)Oc2ccccc21. The highest BCUT2D eigenvalue weighted by atomic mass is 16.7. The largest absolute Gasteiger partial charge is 0.462 e. The first-order valence-electron chi connectivity index (χ1n) is 6.73. The number of piperidine rings is 1. The van der Waals surface area contributed by atoms with Crippen molar-refractivity contribution in [1.82, 2.24) is 10.6 Å². The van der Waals surface area contributed by atoms with Gasteiger partial charge in [-0.1, -0.05) is 12.1 Å². The first-order chi connectivity index (χ1) is 9.33. The molecule has 1 aromatic rings. The van der Waals surface area contributed by atoms with Crippen LogP contribution in [0.3, 0.4) is 0 Å². The number of hydrogen-bond donors (Lipinski definition) is 2. The summed E-state index contributed by atoms with van der Waals surface area (Å²) in [5.41, 5.74) is 0.568. The highest BCUT2D eigenvalue weighted by molar-refractivity contribution is 5.97. The Bertz CT molecular complexity index is 458. The maximum Gasteiger partial charge on any atom is 0.255 e. The van der Waals surface area contributed by atoms with Crippen LogP contribution in [-0.2, 0) is 4.74 Å². The number of para-hydroxylation sites is 1. The van der Waals surface area contributed by atoms with Crippen LogP contribution < -0.4 is 15.4 Å². The number of amides is 1. The van der Waals surface area contributed by atoms with Crippen LogP contribution in [0.1, 0.15) is 23.2 Å². The van der Waals surface area contributed by atoms with Gasteiger partial charge in [0, 0.05) is 0 Å². The van der Waals surface area contributed by atoms with Crippen LogP contribution in [0.4, 0.5) is 0 Å². The standard InChI is InChI=1S/C14H18N2O3/c17-14-11-3-1-2-4-12(11)19-13(9-16-14)18-10-5-7-15-8-6-10/h1-4,10,13,15H,5-9H2,(H,16,17). The van der Waals surface area contributed by atoms with Gasteiger partial charge in [0.05, 0.1) is 18.2 Å². The van der Waals surface area contributed by atoms with Gasteiger partial charge in [-0.3, -0.25) is 4.79 Å². The van der Waals surface area contributed by atoms with Gasteiger partial charge in [-0.2, -0.15) is 0 Å². The molecule has 1 amide bonds. The first kappa shape index (κ1) is 12.4. The van der Waals surface area contributed by atoms with Crippen LogP contribution in [0.25, 0.3) is 0 Å². The van der Waals surface area contributed by atoms with E-state index in [1.165, 1.54) is 0 Å². The molecule has 1 unspecified atom stereocenters. The summed E-state index contributed by atoms with van der Waals surface area (Å²) < 4.78 is 11.7. The monoisotopic (exact) mass is 262 g/mol. The van der Waals surface area contributed by atoms with Crippen molar-refractivity contribution in [3.8, 4) is 5.75 Å². The Morgan fingerprint density at radius 3 is 2.84 bits per heavy atom. The number of nitrogens with one attached hydrogen (secondary N) is 2. The van der Waals surface area contributed by atoms with Gasteiger partial charge in [0.1, 0.15) is 5.75 Å². The molecule has 0 spiro atoms. The maximum absolute atomic E-state index is 11.9. The predicted octanol–water partition coefficient (Wildman–Crippen LogP) is 0.903. The average Bonchev–Trinajstić information content (AvgIpc) is 2.60. The first-order valence-corrected chi connectivity index (χ1v) is 6.73. The van der Waals surface area contributed by atoms with E-state index in [0.29, 0.717) is 17.9 Å². The number of carbonyl (C=O) groups is 1. The third kappa shape index (κ3) is 2.88. The second kappa shape index (κ2) is 5.59. The molecule has 1 saturated heterocycles. The predicted molar refractivity (Wildman–Crippen MR) is 70.2 cm³/mol. The minimum atomic E-state index is -0.407. The summed E-state index contributed by atoms with van der Waals surface area (Å²) in [4.78, 5) is 11.9. The molecule has 2 aliphatic rings. The third-order valence-electron chi connectivity index (χ3n) is 3.45. The van der Waals surface area contributed by atoms with E-state index < -0.39 is 6.29 Å². The maximum atomic E-state index is 11.9. The number of fused-ring (bicyclic) bond motifs is 1. The molecule has 2 aliphatic heterocycles. The van der Waals surface area contributed by atoms with Gasteiger partial charge in [-0.15, -0.1) is 0 Å². The lowest BCUT2D eigenvalue weighted by molar-refractivity contribution is -0.121. The van der Waals surface area contributed by atoms with Crippen molar-refractivity contribution >= 4 is 5.91 Å². The fraction of sp³-hybridized carbons (Fsp3) is 0.500. The molecule has 5 heteroatoms. The Morgan fingerprint density at radius 2 is 2.00 bits per heavy atom. The van der Waals surface area contributed by atoms with Crippen molar-refractivity contribution in [3.63, 3.8) is 0 Å². The molecular weight excluding hydrogens is 244 g/mol. The van der Waals surface area contributed by atoms with E-state index in [1.54, 1.807) is 12.1 Å². The van der Waals surface area contributed by atoms with Crippen LogP contribution in [0, 0.1) is 0 Å². The minimum absolute atomic E-state index is 0.105. The molecule has 0 aliphatic carbocycles. The molecule has 19 heavy (non-hydrogen) atoms. The van der Waals surface area contributed by atoms with Crippen LogP contribution in [0.5, 0.6) is 5.75 Å². The molecule has 3 rings (SSSR count). The van der Waals surface area contributed by atoms with Gasteiger partial charge in [0.15, 0.2) is 0 Å². The van der Waals surface area contributed by atoms with Crippen molar-refractivity contribution in [2.45, 2.75) is 25.2 Å². The van der Waals surface area contributed by atoms with Gasteiger partial charge in [0.2, 0.25) is 6.29 Å². The quantitative estimate of drug-likeness (QED) is 0.831. The fourth-order valence-electron chi connectivity index (χ4n) is 2.43. The van der Waals surface area contributed by atoms with Gasteiger partial charge in [-0.25, -0.2) is 0 Å². The lowest BCUT2D eigenvalue weighted by Gasteiger charge is -2.27. The average molecular weight is 262 g/mol. The summed E-state index contributed by atoms with van der Waals surface area (Å²) in [5, 5.41) is 6.13. The molecule has 0 bridgehead atoms. The van der Waals surface area contributed by atoms with Crippen LogP contribution in [0.15, 0.2) is 24.3 Å². The van der Waals surface area contributed by atoms with E-state index in [0.717, 1.165) is 25.9 Å². The summed E-state index contributed by atoms with van der Waals surface area (Å²) >= 11 is 0. The number of ether oxygens (including phenoxy) is 2. The number of hydrogen-bond acceptors (Lipinski definition) is 4. The van der Waals surface area contributed by atoms with Crippen molar-refractivity contribution in [1.29, 1.82) is 0 Å². The van der Waals surface area contributed by atoms with Crippen molar-refractivity contribution in [3.05, 3.63) is 29.8 Å². The highest BCUT2D eigenvalue weighted by Gasteiger charge is 2.25. The summed E-state index contributed by atoms with van der Waals surface area (Å²) in [6.07, 6.45) is 1.76. The third-order valence-corrected chi connectivity index (χ3v) is 3.45. The zero-order valence-electron chi connectivity index (χ0n) is 10.7. The summed E-state index contributed by atoms with van der Waals surface area (Å²) in [6, 6.07) is 7.26. The second-order valence-corrected chi connectivity index (χ2v) is 4.84. The molecule has 0 saturated carbocycles. The Balaban J connectivity index is 1.70. The molecule has 0 radical (unpaired) electrons. The number of rotatable bonds is 2. The Labute approximate surface area is 112 Å². The molecule has 1 fully saturated rings. The van der Waals surface area contributed by atoms with E-state index >= 15 is 0 Å². The minimum Gasteiger partial charge on any atom is -0.462 e. The smallest absolute Gasteiger partial charge is 0.255 e. The van der Waals surface area contributed by atoms with Crippen molar-refractivity contribution < 1.29 is 14.3 Å². The summed E-state index contributed by atoms with van der Waals surface area (Å²) in [5.74, 6) is 0.489. The van der Waals surface area contributed by atoms with Crippen molar-refractivity contribution in [2.75, 3.05) is 19.6 Å². The zero-order chi connectivity index (χ0) is 13.1. The molecule has 2 N–H and O–H groups in total. The summed E-state index contributed by atoms with van der Waals surface area (Å²) in [7, 11) is 0. The Morgan fingerprint density at radius 1 is 1.21 bits per heavy atom. The molecular formula is C14H18N2O3. The number of carbonyl (C=O) groups excluding carboxylic acids is 1. The Kier molecular flexibility index (Phi) is 3.66. The molecule has 5 nitrogen and oxygen atoms in total. The van der Waals surface area contributed by atoms with Gasteiger partial charge < -0.3 is 20.1 Å². The number of benzene rings is 1. The highest BCUT2D eigenvalue weighted by Crippen LogP contribution is 2.23. The van der Waals surface area contributed by atoms with Gasteiger partial charge in [-0.05, 0) is 38.1 Å². The normalized spacial score (nSPS) is 24.0. The van der Waals surface area contributed by atoms with Gasteiger partial charge in [0.25, 0.3) is 5.91 Å². The van der Waals surface area contributed by atoms with Gasteiger partial charge >= 0.3 is 0 Å². The molecule has 0 aromatic heterocycles. The van der Waals surface area contributed by atoms with E-state index in [9.17, 15) is 4.79 Å². The molecule has 1 aromatic carbocycles. The van der Waals surface area contributed by atoms with E-state index in [-0.39, 0.29) is 12.0 Å². The molecule has 2 heterocycles. The molecule has 102 valence electrons. The van der Waals surface area contributed by atoms with Crippen molar-refractivity contribution in [2.24, 2.45) is 0 Å². The molecule has 1 atom stereocenters.